The molecule has 0 atom stereocenters. The summed E-state index contributed by atoms with van der Waals surface area (Å²) in [5.74, 6) is -0.261. The van der Waals surface area contributed by atoms with Crippen LogP contribution in [0.3, 0.4) is 0 Å². The van der Waals surface area contributed by atoms with Gasteiger partial charge >= 0.3 is 0 Å². The van der Waals surface area contributed by atoms with Gasteiger partial charge in [-0.3, -0.25) is 14.5 Å². The number of anilines is 1. The summed E-state index contributed by atoms with van der Waals surface area (Å²) in [5.41, 5.74) is 7.19. The van der Waals surface area contributed by atoms with Crippen LogP contribution in [0.1, 0.15) is 16.2 Å². The highest BCUT2D eigenvalue weighted by atomic mass is 16.1. The van der Waals surface area contributed by atoms with Crippen LogP contribution >= 0.6 is 0 Å². The highest BCUT2D eigenvalue weighted by molar-refractivity contribution is 5.92. The average molecular weight is 231 g/mol. The number of carbonyl (C=O) groups excluding carboxylic acids is 1. The van der Waals surface area contributed by atoms with E-state index in [1.165, 1.54) is 12.3 Å². The topological polar surface area (TPSA) is 85.8 Å². The predicted octanol–water partition coefficient (Wildman–Crippen LogP) is 0.327. The van der Waals surface area contributed by atoms with E-state index in [4.69, 9.17) is 5.73 Å². The van der Waals surface area contributed by atoms with Crippen LogP contribution < -0.4 is 11.1 Å². The van der Waals surface area contributed by atoms with Gasteiger partial charge < -0.3 is 11.1 Å². The molecule has 0 aliphatic heterocycles. The molecule has 2 rings (SSSR count). The number of hydrogen-bond acceptors (Lipinski definition) is 4. The van der Waals surface area contributed by atoms with Gasteiger partial charge in [0.15, 0.2) is 0 Å². The number of rotatable bonds is 3. The summed E-state index contributed by atoms with van der Waals surface area (Å²) in [6.45, 7) is 0.371. The fourth-order valence-corrected chi connectivity index (χ4v) is 1.39. The quantitative estimate of drug-likeness (QED) is 0.797. The maximum absolute atomic E-state index is 11.7. The lowest BCUT2D eigenvalue weighted by atomic mass is 10.3. The molecule has 0 spiro atoms. The smallest absolute Gasteiger partial charge is 0.270 e. The summed E-state index contributed by atoms with van der Waals surface area (Å²) in [5, 5.41) is 6.87. The zero-order valence-corrected chi connectivity index (χ0v) is 9.42. The monoisotopic (exact) mass is 231 g/mol. The van der Waals surface area contributed by atoms with Gasteiger partial charge in [0.1, 0.15) is 5.69 Å². The lowest BCUT2D eigenvalue weighted by Gasteiger charge is -2.03. The first-order valence-corrected chi connectivity index (χ1v) is 5.13. The maximum Gasteiger partial charge on any atom is 0.270 e. The third kappa shape index (κ3) is 2.81. The van der Waals surface area contributed by atoms with E-state index < -0.39 is 0 Å². The number of nitrogens with zero attached hydrogens (tertiary/aromatic N) is 3. The third-order valence-corrected chi connectivity index (χ3v) is 2.22. The standard InChI is InChI=1S/C11H13N5O/c1-16-5-3-9(15-16)7-14-11(17)10-6-8(12)2-4-13-10/h2-6H,7H2,1H3,(H2,12,13)(H,14,17). The van der Waals surface area contributed by atoms with Crippen LogP contribution in [-0.4, -0.2) is 20.7 Å². The molecule has 17 heavy (non-hydrogen) atoms. The van der Waals surface area contributed by atoms with Crippen molar-refractivity contribution < 1.29 is 4.79 Å². The zero-order chi connectivity index (χ0) is 12.3. The summed E-state index contributed by atoms with van der Waals surface area (Å²) in [6.07, 6.45) is 3.32. The molecule has 0 aliphatic rings. The molecule has 0 aliphatic carbocycles. The molecule has 6 heteroatoms. The van der Waals surface area contributed by atoms with Gasteiger partial charge in [0, 0.05) is 25.1 Å². The van der Waals surface area contributed by atoms with Gasteiger partial charge in [-0.1, -0.05) is 0 Å². The van der Waals surface area contributed by atoms with Gasteiger partial charge in [0.05, 0.1) is 12.2 Å². The molecule has 0 saturated carbocycles. The number of aryl methyl sites for hydroxylation is 1. The van der Waals surface area contributed by atoms with Crippen molar-refractivity contribution in [1.29, 1.82) is 0 Å². The first-order chi connectivity index (χ1) is 8.15. The second-order valence-corrected chi connectivity index (χ2v) is 3.64. The van der Waals surface area contributed by atoms with E-state index in [0.29, 0.717) is 17.9 Å². The van der Waals surface area contributed by atoms with Crippen LogP contribution in [0, 0.1) is 0 Å². The molecule has 0 saturated heterocycles. The number of aromatic nitrogens is 3. The molecule has 88 valence electrons. The molecular formula is C11H13N5O. The van der Waals surface area contributed by atoms with Crippen molar-refractivity contribution >= 4 is 11.6 Å². The van der Waals surface area contributed by atoms with Crippen LogP contribution in [-0.2, 0) is 13.6 Å². The lowest BCUT2D eigenvalue weighted by Crippen LogP contribution is -2.24. The Kier molecular flexibility index (Phi) is 3.04. The van der Waals surface area contributed by atoms with E-state index in [1.807, 2.05) is 19.3 Å². The first kappa shape index (κ1) is 11.1. The summed E-state index contributed by atoms with van der Waals surface area (Å²) in [6, 6.07) is 5.01. The minimum atomic E-state index is -0.261. The Bertz CT molecular complexity index is 534. The van der Waals surface area contributed by atoms with Crippen molar-refractivity contribution in [3.63, 3.8) is 0 Å². The van der Waals surface area contributed by atoms with Crippen molar-refractivity contribution in [1.82, 2.24) is 20.1 Å². The largest absolute Gasteiger partial charge is 0.399 e. The van der Waals surface area contributed by atoms with E-state index >= 15 is 0 Å². The van der Waals surface area contributed by atoms with E-state index in [9.17, 15) is 4.79 Å². The van der Waals surface area contributed by atoms with Crippen molar-refractivity contribution in [3.05, 3.63) is 42.0 Å². The number of nitrogen functional groups attached to an aromatic ring is 1. The molecular weight excluding hydrogens is 218 g/mol. The fourth-order valence-electron chi connectivity index (χ4n) is 1.39. The molecule has 0 bridgehead atoms. The predicted molar refractivity (Wildman–Crippen MR) is 63.0 cm³/mol. The van der Waals surface area contributed by atoms with Crippen LogP contribution in [0.2, 0.25) is 0 Å². The molecule has 0 unspecified atom stereocenters. The molecule has 0 aromatic carbocycles. The molecule has 0 radical (unpaired) electrons. The molecule has 3 N–H and O–H groups in total. The van der Waals surface area contributed by atoms with Crippen molar-refractivity contribution in [3.8, 4) is 0 Å². The van der Waals surface area contributed by atoms with Crippen LogP contribution in [0.15, 0.2) is 30.6 Å². The second-order valence-electron chi connectivity index (χ2n) is 3.64. The molecule has 1 amide bonds. The Hall–Kier alpha value is -2.37. The summed E-state index contributed by atoms with van der Waals surface area (Å²) in [7, 11) is 1.82. The molecule has 2 aromatic heterocycles. The number of carbonyl (C=O) groups is 1. The Labute approximate surface area is 98.5 Å². The summed E-state index contributed by atoms with van der Waals surface area (Å²) in [4.78, 5) is 15.7. The minimum absolute atomic E-state index is 0.261. The number of nitrogens with two attached hydrogens (primary N) is 1. The maximum atomic E-state index is 11.7. The molecule has 2 heterocycles. The Balaban J connectivity index is 1.98. The SMILES string of the molecule is Cn1ccc(CNC(=O)c2cc(N)ccn2)n1. The van der Waals surface area contributed by atoms with Gasteiger partial charge in [-0.25, -0.2) is 0 Å². The number of pyridine rings is 1. The van der Waals surface area contributed by atoms with E-state index in [2.05, 4.69) is 15.4 Å². The van der Waals surface area contributed by atoms with Gasteiger partial charge in [-0.05, 0) is 18.2 Å². The minimum Gasteiger partial charge on any atom is -0.399 e. The van der Waals surface area contributed by atoms with Gasteiger partial charge in [0.25, 0.3) is 5.91 Å². The van der Waals surface area contributed by atoms with Crippen LogP contribution in [0.4, 0.5) is 5.69 Å². The zero-order valence-electron chi connectivity index (χ0n) is 9.42. The van der Waals surface area contributed by atoms with Crippen LogP contribution in [0.5, 0.6) is 0 Å². The fraction of sp³-hybridized carbons (Fsp3) is 0.182. The lowest BCUT2D eigenvalue weighted by molar-refractivity contribution is 0.0945. The number of amides is 1. The second kappa shape index (κ2) is 4.65. The molecule has 0 fully saturated rings. The normalized spacial score (nSPS) is 10.2. The van der Waals surface area contributed by atoms with Crippen LogP contribution in [0.25, 0.3) is 0 Å². The van der Waals surface area contributed by atoms with Crippen molar-refractivity contribution in [2.24, 2.45) is 7.05 Å². The van der Waals surface area contributed by atoms with E-state index in [0.717, 1.165) is 5.69 Å². The Morgan fingerprint density at radius 3 is 3.00 bits per heavy atom. The van der Waals surface area contributed by atoms with Gasteiger partial charge in [-0.15, -0.1) is 0 Å². The van der Waals surface area contributed by atoms with Crippen molar-refractivity contribution in [2.45, 2.75) is 6.54 Å². The van der Waals surface area contributed by atoms with E-state index in [-0.39, 0.29) is 5.91 Å². The number of nitrogens with one attached hydrogen (secondary N) is 1. The Morgan fingerprint density at radius 2 is 2.35 bits per heavy atom. The van der Waals surface area contributed by atoms with E-state index in [1.54, 1.807) is 10.7 Å². The van der Waals surface area contributed by atoms with Gasteiger partial charge in [-0.2, -0.15) is 5.10 Å². The van der Waals surface area contributed by atoms with Crippen molar-refractivity contribution in [2.75, 3.05) is 5.73 Å². The third-order valence-electron chi connectivity index (χ3n) is 2.22. The highest BCUT2D eigenvalue weighted by Crippen LogP contribution is 2.03. The summed E-state index contributed by atoms with van der Waals surface area (Å²) < 4.78 is 1.68. The first-order valence-electron chi connectivity index (χ1n) is 5.13. The average Bonchev–Trinajstić information content (AvgIpc) is 2.72. The Morgan fingerprint density at radius 1 is 1.53 bits per heavy atom. The molecule has 6 nitrogen and oxygen atoms in total. The van der Waals surface area contributed by atoms with Gasteiger partial charge in [0.2, 0.25) is 0 Å². The highest BCUT2D eigenvalue weighted by Gasteiger charge is 2.07. The molecule has 2 aromatic rings. The number of hydrogen-bond donors (Lipinski definition) is 2. The summed E-state index contributed by atoms with van der Waals surface area (Å²) >= 11 is 0.